The lowest BCUT2D eigenvalue weighted by molar-refractivity contribution is 0.997. The molecule has 4 nitrogen and oxygen atoms in total. The van der Waals surface area contributed by atoms with E-state index in [2.05, 4.69) is 99.8 Å². The maximum atomic E-state index is 4.84. The molecule has 4 heteroatoms. The van der Waals surface area contributed by atoms with E-state index in [0.717, 1.165) is 45.3 Å². The highest BCUT2D eigenvalue weighted by atomic mass is 15.1. The average Bonchev–Trinajstić information content (AvgIpc) is 2.97. The normalized spacial score (nSPS) is 11.3. The molecule has 5 rings (SSSR count). The van der Waals surface area contributed by atoms with E-state index in [9.17, 15) is 0 Å². The van der Waals surface area contributed by atoms with Crippen molar-refractivity contribution in [3.8, 4) is 22.5 Å². The zero-order valence-corrected chi connectivity index (χ0v) is 20.8. The van der Waals surface area contributed by atoms with Gasteiger partial charge in [-0.2, -0.15) is 0 Å². The van der Waals surface area contributed by atoms with Gasteiger partial charge in [0.15, 0.2) is 0 Å². The Morgan fingerprint density at radius 2 is 1.32 bits per heavy atom. The van der Waals surface area contributed by atoms with Crippen LogP contribution in [0.5, 0.6) is 0 Å². The first-order valence-electron chi connectivity index (χ1n) is 12.4. The average molecular weight is 481 g/mol. The molecule has 0 radical (unpaired) electrons. The minimum atomic E-state index is 0.506. The third-order valence-electron chi connectivity index (χ3n) is 5.93. The van der Waals surface area contributed by atoms with Crippen LogP contribution >= 0.6 is 0 Å². The number of allylic oxidation sites excluding steroid dienone is 2. The fourth-order valence-corrected chi connectivity index (χ4v) is 4.18. The molecule has 2 aromatic heterocycles. The number of aromatic nitrogens is 2. The van der Waals surface area contributed by atoms with Gasteiger partial charge in [0.05, 0.1) is 23.6 Å². The van der Waals surface area contributed by atoms with Crippen LogP contribution < -0.4 is 4.90 Å². The highest BCUT2D eigenvalue weighted by Crippen LogP contribution is 2.35. The second-order valence-corrected chi connectivity index (χ2v) is 8.52. The van der Waals surface area contributed by atoms with Gasteiger partial charge in [-0.15, -0.1) is 0 Å². The van der Waals surface area contributed by atoms with E-state index < -0.39 is 0 Å². The molecule has 2 heterocycles. The first kappa shape index (κ1) is 23.9. The van der Waals surface area contributed by atoms with Crippen molar-refractivity contribution in [1.82, 2.24) is 9.97 Å². The second-order valence-electron chi connectivity index (χ2n) is 8.52. The Bertz CT molecular complexity index is 1440. The molecule has 0 saturated carbocycles. The molecule has 0 aliphatic rings. The Kier molecular flexibility index (Phi) is 7.58. The van der Waals surface area contributed by atoms with E-state index >= 15 is 0 Å². The number of nitrogens with zero attached hydrogens (tertiary/aromatic N) is 4. The first-order valence-corrected chi connectivity index (χ1v) is 12.4. The third kappa shape index (κ3) is 5.88. The largest absolute Gasteiger partial charge is 0.311 e. The molecule has 0 aliphatic heterocycles. The number of aliphatic imine (C=N–C) groups is 1. The number of para-hydroxylation sites is 2. The van der Waals surface area contributed by atoms with Gasteiger partial charge in [0.25, 0.3) is 0 Å². The summed E-state index contributed by atoms with van der Waals surface area (Å²) < 4.78 is 0. The van der Waals surface area contributed by atoms with Gasteiger partial charge in [0.1, 0.15) is 0 Å². The van der Waals surface area contributed by atoms with E-state index in [1.165, 1.54) is 0 Å². The summed E-state index contributed by atoms with van der Waals surface area (Å²) in [5, 5.41) is 0. The molecular weight excluding hydrogens is 452 g/mol. The fraction of sp³-hybridized carbons (Fsp3) is 0.0606. The minimum Gasteiger partial charge on any atom is -0.311 e. The number of rotatable bonds is 8. The van der Waals surface area contributed by atoms with Crippen LogP contribution in [0.4, 0.5) is 17.1 Å². The molecule has 0 unspecified atom stereocenters. The van der Waals surface area contributed by atoms with Gasteiger partial charge in [-0.3, -0.25) is 9.98 Å². The number of anilines is 3. The van der Waals surface area contributed by atoms with Crippen LogP contribution in [0.15, 0.2) is 139 Å². The third-order valence-corrected chi connectivity index (χ3v) is 5.93. The molecular formula is C33H28N4. The topological polar surface area (TPSA) is 41.4 Å². The number of pyridine rings is 2. The highest BCUT2D eigenvalue weighted by molar-refractivity contribution is 5.79. The molecule has 0 atom stereocenters. The second kappa shape index (κ2) is 11.7. The van der Waals surface area contributed by atoms with E-state index in [1.807, 2.05) is 55.6 Å². The van der Waals surface area contributed by atoms with Crippen molar-refractivity contribution in [2.24, 2.45) is 4.99 Å². The summed E-state index contributed by atoms with van der Waals surface area (Å²) in [4.78, 5) is 16.1. The van der Waals surface area contributed by atoms with Crippen molar-refractivity contribution in [3.05, 3.63) is 139 Å². The number of benzene rings is 3. The Morgan fingerprint density at radius 1 is 0.676 bits per heavy atom. The van der Waals surface area contributed by atoms with E-state index in [-0.39, 0.29) is 0 Å². The van der Waals surface area contributed by atoms with E-state index in [4.69, 9.17) is 4.98 Å². The predicted molar refractivity (Wildman–Crippen MR) is 155 cm³/mol. The van der Waals surface area contributed by atoms with E-state index in [1.54, 1.807) is 6.20 Å². The fourth-order valence-electron chi connectivity index (χ4n) is 4.18. The van der Waals surface area contributed by atoms with Gasteiger partial charge in [-0.1, -0.05) is 60.7 Å². The summed E-state index contributed by atoms with van der Waals surface area (Å²) in [6.45, 7) is 2.48. The summed E-state index contributed by atoms with van der Waals surface area (Å²) in [5.74, 6) is 0. The molecule has 0 saturated heterocycles. The maximum absolute atomic E-state index is 4.84. The Morgan fingerprint density at radius 3 is 1.95 bits per heavy atom. The summed E-state index contributed by atoms with van der Waals surface area (Å²) in [6.07, 6.45) is 7.49. The van der Waals surface area contributed by atoms with Crippen LogP contribution in [0.2, 0.25) is 0 Å². The molecule has 5 aromatic rings. The lowest BCUT2D eigenvalue weighted by Crippen LogP contribution is -2.09. The van der Waals surface area contributed by atoms with Crippen molar-refractivity contribution >= 4 is 23.3 Å². The van der Waals surface area contributed by atoms with Crippen LogP contribution in [-0.4, -0.2) is 16.2 Å². The molecule has 0 N–H and O–H groups in total. The molecule has 37 heavy (non-hydrogen) atoms. The molecule has 180 valence electrons. The Labute approximate surface area is 218 Å². The van der Waals surface area contributed by atoms with Crippen LogP contribution in [0.25, 0.3) is 22.5 Å². The smallest absolute Gasteiger partial charge is 0.0896 e. The van der Waals surface area contributed by atoms with Crippen molar-refractivity contribution < 1.29 is 0 Å². The maximum Gasteiger partial charge on any atom is 0.0896 e. The highest BCUT2D eigenvalue weighted by Gasteiger charge is 2.13. The number of hydrogen-bond donors (Lipinski definition) is 0. The first-order chi connectivity index (χ1) is 18.3. The van der Waals surface area contributed by atoms with Crippen molar-refractivity contribution in [2.75, 3.05) is 4.90 Å². The van der Waals surface area contributed by atoms with Gasteiger partial charge in [-0.25, -0.2) is 4.98 Å². The Balaban J connectivity index is 1.52. The standard InChI is InChI=1S/C33H28N4/c1-2-3-21-34-25-28-23-27(24-33(36-28)32-16-10-11-22-35-32)26-17-19-31(20-18-26)37(29-12-6-4-7-13-29)30-14-8-5-9-15-30/h2-24H,25H2,1H3/b3-2-,34-21?. The molecule has 0 spiro atoms. The van der Waals surface area contributed by atoms with Gasteiger partial charge in [-0.05, 0) is 84.8 Å². The summed E-state index contributed by atoms with van der Waals surface area (Å²) in [7, 11) is 0. The van der Waals surface area contributed by atoms with E-state index in [0.29, 0.717) is 6.54 Å². The lowest BCUT2D eigenvalue weighted by Gasteiger charge is -2.25. The summed E-state index contributed by atoms with van der Waals surface area (Å²) >= 11 is 0. The molecule has 0 bridgehead atoms. The van der Waals surface area contributed by atoms with Crippen LogP contribution in [0, 0.1) is 0 Å². The minimum absolute atomic E-state index is 0.506. The Hall–Kier alpha value is -4.83. The number of hydrogen-bond acceptors (Lipinski definition) is 4. The zero-order chi connectivity index (χ0) is 25.3. The van der Waals surface area contributed by atoms with Crippen molar-refractivity contribution in [2.45, 2.75) is 13.5 Å². The lowest BCUT2D eigenvalue weighted by atomic mass is 10.0. The van der Waals surface area contributed by atoms with Crippen molar-refractivity contribution in [3.63, 3.8) is 0 Å². The van der Waals surface area contributed by atoms with Gasteiger partial charge in [0, 0.05) is 29.5 Å². The molecule has 0 aliphatic carbocycles. The van der Waals surface area contributed by atoms with Crippen LogP contribution in [0.3, 0.4) is 0 Å². The quantitative estimate of drug-likeness (QED) is 0.209. The summed E-state index contributed by atoms with van der Waals surface area (Å²) in [6, 6.07) is 39.6. The molecule has 0 fully saturated rings. The van der Waals surface area contributed by atoms with Gasteiger partial charge < -0.3 is 4.90 Å². The van der Waals surface area contributed by atoms with Crippen LogP contribution in [0.1, 0.15) is 12.6 Å². The van der Waals surface area contributed by atoms with Crippen LogP contribution in [-0.2, 0) is 6.54 Å². The van der Waals surface area contributed by atoms with Crippen molar-refractivity contribution in [1.29, 1.82) is 0 Å². The van der Waals surface area contributed by atoms with Gasteiger partial charge in [0.2, 0.25) is 0 Å². The molecule has 3 aromatic carbocycles. The monoisotopic (exact) mass is 480 g/mol. The SMILES string of the molecule is C/C=C\C=NCc1cc(-c2ccc(N(c3ccccc3)c3ccccc3)cc2)cc(-c2ccccn2)n1. The summed E-state index contributed by atoms with van der Waals surface area (Å²) in [5.41, 5.74) is 8.11. The zero-order valence-electron chi connectivity index (χ0n) is 20.8. The van der Waals surface area contributed by atoms with Gasteiger partial charge >= 0.3 is 0 Å². The predicted octanol–water partition coefficient (Wildman–Crippen LogP) is 8.43. The molecule has 0 amide bonds.